The second-order valence-electron chi connectivity index (χ2n) is 4.40. The molecule has 0 spiro atoms. The van der Waals surface area contributed by atoms with E-state index in [1.165, 1.54) is 0 Å². The number of ether oxygens (including phenoxy) is 1. The molecule has 4 nitrogen and oxygen atoms in total. The van der Waals surface area contributed by atoms with Crippen LogP contribution >= 0.6 is 0 Å². The van der Waals surface area contributed by atoms with Crippen LogP contribution in [0.4, 0.5) is 0 Å². The van der Waals surface area contributed by atoms with Gasteiger partial charge in [0.15, 0.2) is 0 Å². The van der Waals surface area contributed by atoms with Crippen molar-refractivity contribution in [3.8, 4) is 0 Å². The Hall–Kier alpha value is -0.610. The molecule has 2 rings (SSSR count). The van der Waals surface area contributed by atoms with Gasteiger partial charge in [-0.3, -0.25) is 10.1 Å². The molecule has 2 aliphatic heterocycles. The predicted molar refractivity (Wildman–Crippen MR) is 57.4 cm³/mol. The number of nitrogens with one attached hydrogen (secondary N) is 1. The van der Waals surface area contributed by atoms with E-state index in [9.17, 15) is 4.79 Å². The lowest BCUT2D eigenvalue weighted by molar-refractivity contribution is -0.133. The summed E-state index contributed by atoms with van der Waals surface area (Å²) in [6.07, 6.45) is 3.18. The maximum Gasteiger partial charge on any atom is 0.240 e. The van der Waals surface area contributed by atoms with Gasteiger partial charge in [-0.25, -0.2) is 0 Å². The van der Waals surface area contributed by atoms with E-state index in [4.69, 9.17) is 4.74 Å². The summed E-state index contributed by atoms with van der Waals surface area (Å²) in [6, 6.07) is 0.367. The summed E-state index contributed by atoms with van der Waals surface area (Å²) in [4.78, 5) is 14.0. The average Bonchev–Trinajstić information content (AvgIpc) is 2.56. The van der Waals surface area contributed by atoms with Crippen molar-refractivity contribution in [2.75, 3.05) is 13.2 Å². The highest BCUT2D eigenvalue weighted by Crippen LogP contribution is 2.22. The smallest absolute Gasteiger partial charge is 0.240 e. The first-order chi connectivity index (χ1) is 7.24. The third-order valence-electron chi connectivity index (χ3n) is 3.37. The van der Waals surface area contributed by atoms with Crippen molar-refractivity contribution in [2.24, 2.45) is 0 Å². The SMILES string of the molecule is CCC1NC(C)C(=O)N1C1CCOCC1. The van der Waals surface area contributed by atoms with E-state index < -0.39 is 0 Å². The van der Waals surface area contributed by atoms with Crippen molar-refractivity contribution in [1.29, 1.82) is 0 Å². The van der Waals surface area contributed by atoms with E-state index in [0.717, 1.165) is 32.5 Å². The van der Waals surface area contributed by atoms with Crippen molar-refractivity contribution in [3.63, 3.8) is 0 Å². The van der Waals surface area contributed by atoms with Gasteiger partial charge in [-0.15, -0.1) is 0 Å². The minimum absolute atomic E-state index is 0.0159. The number of hydrogen-bond donors (Lipinski definition) is 1. The molecule has 2 saturated heterocycles. The zero-order valence-electron chi connectivity index (χ0n) is 9.53. The van der Waals surface area contributed by atoms with E-state index in [2.05, 4.69) is 12.2 Å². The topological polar surface area (TPSA) is 41.6 Å². The monoisotopic (exact) mass is 212 g/mol. The molecule has 0 saturated carbocycles. The molecule has 15 heavy (non-hydrogen) atoms. The Bertz CT molecular complexity index is 239. The first-order valence-corrected chi connectivity index (χ1v) is 5.90. The fourth-order valence-corrected chi connectivity index (χ4v) is 2.53. The third-order valence-corrected chi connectivity index (χ3v) is 3.37. The van der Waals surface area contributed by atoms with Crippen LogP contribution in [0.25, 0.3) is 0 Å². The first-order valence-electron chi connectivity index (χ1n) is 5.90. The summed E-state index contributed by atoms with van der Waals surface area (Å²) in [5.41, 5.74) is 0. The Kier molecular flexibility index (Phi) is 3.26. The molecule has 2 fully saturated rings. The minimum Gasteiger partial charge on any atom is -0.381 e. The molecule has 2 heterocycles. The average molecular weight is 212 g/mol. The van der Waals surface area contributed by atoms with Crippen LogP contribution in [-0.4, -0.2) is 42.3 Å². The van der Waals surface area contributed by atoms with Gasteiger partial charge in [0.1, 0.15) is 0 Å². The van der Waals surface area contributed by atoms with E-state index in [1.54, 1.807) is 0 Å². The van der Waals surface area contributed by atoms with Crippen molar-refractivity contribution in [1.82, 2.24) is 10.2 Å². The summed E-state index contributed by atoms with van der Waals surface area (Å²) in [7, 11) is 0. The number of hydrogen-bond acceptors (Lipinski definition) is 3. The Labute approximate surface area is 91.0 Å². The summed E-state index contributed by atoms with van der Waals surface area (Å²) in [5.74, 6) is 0.258. The van der Waals surface area contributed by atoms with Crippen molar-refractivity contribution in [2.45, 2.75) is 51.4 Å². The lowest BCUT2D eigenvalue weighted by atomic mass is 10.1. The molecular weight excluding hydrogens is 192 g/mol. The minimum atomic E-state index is -0.0159. The lowest BCUT2D eigenvalue weighted by Crippen LogP contribution is -2.46. The number of amides is 1. The molecule has 86 valence electrons. The molecule has 0 radical (unpaired) electrons. The number of carbonyl (C=O) groups is 1. The molecule has 0 aromatic heterocycles. The van der Waals surface area contributed by atoms with Crippen LogP contribution < -0.4 is 5.32 Å². The highest BCUT2D eigenvalue weighted by Gasteiger charge is 2.39. The van der Waals surface area contributed by atoms with Gasteiger partial charge in [0.25, 0.3) is 0 Å². The predicted octanol–water partition coefficient (Wildman–Crippen LogP) is 0.722. The van der Waals surface area contributed by atoms with Crippen molar-refractivity contribution in [3.05, 3.63) is 0 Å². The fourth-order valence-electron chi connectivity index (χ4n) is 2.53. The second kappa shape index (κ2) is 4.49. The van der Waals surface area contributed by atoms with Gasteiger partial charge in [0.05, 0.1) is 12.2 Å². The fraction of sp³-hybridized carbons (Fsp3) is 0.909. The Morgan fingerprint density at radius 3 is 2.73 bits per heavy atom. The summed E-state index contributed by atoms with van der Waals surface area (Å²) in [5, 5.41) is 3.34. The Balaban J connectivity index is 2.07. The van der Waals surface area contributed by atoms with Gasteiger partial charge in [0.2, 0.25) is 5.91 Å². The highest BCUT2D eigenvalue weighted by molar-refractivity contribution is 5.84. The van der Waals surface area contributed by atoms with Crippen LogP contribution in [0.1, 0.15) is 33.1 Å². The molecule has 2 atom stereocenters. The van der Waals surface area contributed by atoms with E-state index in [-0.39, 0.29) is 18.1 Å². The molecule has 0 aromatic rings. The zero-order valence-corrected chi connectivity index (χ0v) is 9.53. The maximum atomic E-state index is 12.0. The summed E-state index contributed by atoms with van der Waals surface area (Å²) < 4.78 is 5.33. The Morgan fingerprint density at radius 1 is 1.47 bits per heavy atom. The normalized spacial score (nSPS) is 33.7. The summed E-state index contributed by atoms with van der Waals surface area (Å²) >= 11 is 0. The van der Waals surface area contributed by atoms with Gasteiger partial charge >= 0.3 is 0 Å². The third kappa shape index (κ3) is 2.01. The van der Waals surface area contributed by atoms with Crippen molar-refractivity contribution < 1.29 is 9.53 Å². The standard InChI is InChI=1S/C11H20N2O2/c1-3-10-12-8(2)11(14)13(10)9-4-6-15-7-5-9/h8-10,12H,3-7H2,1-2H3. The Morgan fingerprint density at radius 2 is 2.13 bits per heavy atom. The molecule has 2 aliphatic rings. The second-order valence-corrected chi connectivity index (χ2v) is 4.40. The molecule has 0 bridgehead atoms. The zero-order chi connectivity index (χ0) is 10.8. The van der Waals surface area contributed by atoms with Gasteiger partial charge in [-0.1, -0.05) is 6.92 Å². The van der Waals surface area contributed by atoms with Crippen LogP contribution in [0.15, 0.2) is 0 Å². The number of carbonyl (C=O) groups excluding carboxylic acids is 1. The number of rotatable bonds is 2. The van der Waals surface area contributed by atoms with E-state index in [0.29, 0.717) is 6.04 Å². The lowest BCUT2D eigenvalue weighted by Gasteiger charge is -2.34. The van der Waals surface area contributed by atoms with Crippen LogP contribution in [-0.2, 0) is 9.53 Å². The molecule has 0 aromatic carbocycles. The molecule has 1 amide bonds. The summed E-state index contributed by atoms with van der Waals surface area (Å²) in [6.45, 7) is 5.65. The largest absolute Gasteiger partial charge is 0.381 e. The van der Waals surface area contributed by atoms with Crippen LogP contribution in [0.5, 0.6) is 0 Å². The quantitative estimate of drug-likeness (QED) is 0.733. The van der Waals surface area contributed by atoms with Gasteiger partial charge < -0.3 is 9.64 Å². The maximum absolute atomic E-state index is 12.0. The molecule has 4 heteroatoms. The van der Waals surface area contributed by atoms with Gasteiger partial charge in [-0.05, 0) is 26.2 Å². The van der Waals surface area contributed by atoms with Crippen LogP contribution in [0.3, 0.4) is 0 Å². The first kappa shape index (κ1) is 10.9. The molecule has 2 unspecified atom stereocenters. The van der Waals surface area contributed by atoms with E-state index >= 15 is 0 Å². The molecule has 0 aliphatic carbocycles. The van der Waals surface area contributed by atoms with Crippen molar-refractivity contribution >= 4 is 5.91 Å². The number of nitrogens with zero attached hydrogens (tertiary/aromatic N) is 1. The highest BCUT2D eigenvalue weighted by atomic mass is 16.5. The van der Waals surface area contributed by atoms with Crippen LogP contribution in [0, 0.1) is 0 Å². The van der Waals surface area contributed by atoms with E-state index in [1.807, 2.05) is 11.8 Å². The van der Waals surface area contributed by atoms with Crippen LogP contribution in [0.2, 0.25) is 0 Å². The molecular formula is C11H20N2O2. The molecule has 1 N–H and O–H groups in total. The van der Waals surface area contributed by atoms with Gasteiger partial charge in [0, 0.05) is 19.3 Å². The van der Waals surface area contributed by atoms with Gasteiger partial charge in [-0.2, -0.15) is 0 Å².